The third-order valence-corrected chi connectivity index (χ3v) is 7.84. The standard InChI is InChI=1S/C25H22ClF2N3O2S/c1-12-4-3-5-14(6-12)23-22(30-13(2)34-23)25(33)31-11-15-7-16(15)21(31)10-29-24(32)17-8-19(27)20(28)9-18(17)26/h3-6,8-9,15-16,21H,7,10-11H2,1-2H3,(H,29,32). The Hall–Kier alpha value is -2.84. The number of nitrogens with zero attached hydrogens (tertiary/aromatic N) is 2. The minimum Gasteiger partial charge on any atom is -0.350 e. The summed E-state index contributed by atoms with van der Waals surface area (Å²) in [6.45, 7) is 4.69. The molecule has 0 bridgehead atoms. The number of carbonyl (C=O) groups is 2. The molecule has 1 saturated heterocycles. The number of aryl methyl sites for hydroxylation is 2. The number of hydrogen-bond acceptors (Lipinski definition) is 4. The van der Waals surface area contributed by atoms with E-state index >= 15 is 0 Å². The number of halogens is 3. The van der Waals surface area contributed by atoms with Crippen molar-refractivity contribution < 1.29 is 18.4 Å². The molecule has 2 aromatic carbocycles. The quantitative estimate of drug-likeness (QED) is 0.486. The van der Waals surface area contributed by atoms with Gasteiger partial charge in [0, 0.05) is 13.1 Å². The molecule has 2 aliphatic rings. The number of aromatic nitrogens is 1. The molecule has 3 aromatic rings. The van der Waals surface area contributed by atoms with E-state index in [2.05, 4.69) is 10.3 Å². The predicted octanol–water partition coefficient (Wildman–Crippen LogP) is 5.25. The molecule has 176 valence electrons. The number of rotatable bonds is 5. The van der Waals surface area contributed by atoms with Crippen molar-refractivity contribution in [3.63, 3.8) is 0 Å². The molecule has 1 aliphatic carbocycles. The van der Waals surface area contributed by atoms with Crippen molar-refractivity contribution in [2.24, 2.45) is 11.8 Å². The minimum absolute atomic E-state index is 0.138. The van der Waals surface area contributed by atoms with Gasteiger partial charge in [-0.15, -0.1) is 11.3 Å². The Kier molecular flexibility index (Phi) is 5.90. The Morgan fingerprint density at radius 1 is 1.21 bits per heavy atom. The first-order valence-electron chi connectivity index (χ1n) is 11.0. The van der Waals surface area contributed by atoms with Crippen molar-refractivity contribution in [1.82, 2.24) is 15.2 Å². The maximum atomic E-state index is 13.6. The fourth-order valence-electron chi connectivity index (χ4n) is 4.75. The van der Waals surface area contributed by atoms with Gasteiger partial charge in [0.1, 0.15) is 5.69 Å². The molecule has 34 heavy (non-hydrogen) atoms. The number of amides is 2. The fraction of sp³-hybridized carbons (Fsp3) is 0.320. The van der Waals surface area contributed by atoms with Gasteiger partial charge in [-0.25, -0.2) is 13.8 Å². The van der Waals surface area contributed by atoms with E-state index in [4.69, 9.17) is 11.6 Å². The van der Waals surface area contributed by atoms with Crippen molar-refractivity contribution in [2.75, 3.05) is 13.1 Å². The molecule has 1 saturated carbocycles. The number of piperidine rings is 1. The Bertz CT molecular complexity index is 1310. The summed E-state index contributed by atoms with van der Waals surface area (Å²) in [5.74, 6) is -2.31. The first kappa shape index (κ1) is 22.9. The lowest BCUT2D eigenvalue weighted by Gasteiger charge is -2.27. The summed E-state index contributed by atoms with van der Waals surface area (Å²) in [4.78, 5) is 33.4. The van der Waals surface area contributed by atoms with Gasteiger partial charge in [0.15, 0.2) is 11.6 Å². The van der Waals surface area contributed by atoms with Crippen LogP contribution < -0.4 is 5.32 Å². The van der Waals surface area contributed by atoms with Crippen LogP contribution in [0, 0.1) is 37.3 Å². The second kappa shape index (κ2) is 8.74. The van der Waals surface area contributed by atoms with Gasteiger partial charge in [-0.1, -0.05) is 41.4 Å². The van der Waals surface area contributed by atoms with Crippen LogP contribution in [0.2, 0.25) is 5.02 Å². The Morgan fingerprint density at radius 2 is 1.97 bits per heavy atom. The van der Waals surface area contributed by atoms with E-state index in [-0.39, 0.29) is 29.1 Å². The van der Waals surface area contributed by atoms with Gasteiger partial charge in [0.2, 0.25) is 0 Å². The average molecular weight is 502 g/mol. The molecule has 1 aromatic heterocycles. The number of nitrogens with one attached hydrogen (secondary N) is 1. The van der Waals surface area contributed by atoms with Crippen LogP contribution in [0.25, 0.3) is 10.4 Å². The van der Waals surface area contributed by atoms with Crippen LogP contribution in [0.4, 0.5) is 8.78 Å². The molecule has 1 aliphatic heterocycles. The third kappa shape index (κ3) is 4.20. The van der Waals surface area contributed by atoms with E-state index in [1.54, 1.807) is 4.90 Å². The second-order valence-electron chi connectivity index (χ2n) is 8.92. The Balaban J connectivity index is 1.36. The molecular weight excluding hydrogens is 480 g/mol. The van der Waals surface area contributed by atoms with Crippen molar-refractivity contribution in [3.05, 3.63) is 74.9 Å². The fourth-order valence-corrected chi connectivity index (χ4v) is 5.89. The number of benzene rings is 2. The molecule has 3 atom stereocenters. The first-order valence-corrected chi connectivity index (χ1v) is 12.2. The van der Waals surface area contributed by atoms with Crippen molar-refractivity contribution in [2.45, 2.75) is 26.3 Å². The number of fused-ring (bicyclic) bond motifs is 1. The number of likely N-dealkylation sites (tertiary alicyclic amines) is 1. The van der Waals surface area contributed by atoms with Crippen LogP contribution >= 0.6 is 22.9 Å². The lowest BCUT2D eigenvalue weighted by molar-refractivity contribution is 0.0690. The molecule has 0 spiro atoms. The maximum absolute atomic E-state index is 13.6. The highest BCUT2D eigenvalue weighted by Gasteiger charge is 2.54. The van der Waals surface area contributed by atoms with Crippen LogP contribution in [0.3, 0.4) is 0 Å². The molecule has 2 fully saturated rings. The van der Waals surface area contributed by atoms with E-state index in [0.717, 1.165) is 39.6 Å². The maximum Gasteiger partial charge on any atom is 0.274 e. The largest absolute Gasteiger partial charge is 0.350 e. The highest BCUT2D eigenvalue weighted by atomic mass is 35.5. The molecule has 5 rings (SSSR count). The first-order chi connectivity index (χ1) is 16.2. The lowest BCUT2D eigenvalue weighted by atomic mass is 10.1. The van der Waals surface area contributed by atoms with Gasteiger partial charge in [0.05, 0.1) is 26.5 Å². The predicted molar refractivity (Wildman–Crippen MR) is 127 cm³/mol. The van der Waals surface area contributed by atoms with Gasteiger partial charge in [-0.2, -0.15) is 0 Å². The normalized spacial score (nSPS) is 20.9. The van der Waals surface area contributed by atoms with Gasteiger partial charge in [-0.3, -0.25) is 9.59 Å². The Morgan fingerprint density at radius 3 is 2.74 bits per heavy atom. The van der Waals surface area contributed by atoms with E-state index < -0.39 is 17.5 Å². The molecular formula is C25H22ClF2N3O2S. The topological polar surface area (TPSA) is 62.3 Å². The van der Waals surface area contributed by atoms with Gasteiger partial charge in [-0.05, 0) is 49.8 Å². The van der Waals surface area contributed by atoms with Crippen LogP contribution in [0.5, 0.6) is 0 Å². The molecule has 5 nitrogen and oxygen atoms in total. The molecule has 9 heteroatoms. The summed E-state index contributed by atoms with van der Waals surface area (Å²) in [6, 6.07) is 9.35. The Labute approximate surface area is 204 Å². The number of carbonyl (C=O) groups excluding carboxylic acids is 2. The van der Waals surface area contributed by atoms with E-state index in [1.165, 1.54) is 11.3 Å². The summed E-state index contributed by atoms with van der Waals surface area (Å²) in [6.07, 6.45) is 0.997. The summed E-state index contributed by atoms with van der Waals surface area (Å²) in [5.41, 5.74) is 2.34. The third-order valence-electron chi connectivity index (χ3n) is 6.51. The van der Waals surface area contributed by atoms with Gasteiger partial charge < -0.3 is 10.2 Å². The van der Waals surface area contributed by atoms with E-state index in [0.29, 0.717) is 24.1 Å². The van der Waals surface area contributed by atoms with Gasteiger partial charge in [0.25, 0.3) is 11.8 Å². The molecule has 3 unspecified atom stereocenters. The zero-order valence-electron chi connectivity index (χ0n) is 18.6. The summed E-state index contributed by atoms with van der Waals surface area (Å²) >= 11 is 7.42. The molecule has 2 heterocycles. The molecule has 2 amide bonds. The highest BCUT2D eigenvalue weighted by molar-refractivity contribution is 7.15. The average Bonchev–Trinajstić information content (AvgIpc) is 3.31. The lowest BCUT2D eigenvalue weighted by Crippen LogP contribution is -2.45. The van der Waals surface area contributed by atoms with Gasteiger partial charge >= 0.3 is 0 Å². The van der Waals surface area contributed by atoms with Crippen molar-refractivity contribution >= 4 is 34.8 Å². The molecule has 0 radical (unpaired) electrons. The zero-order valence-corrected chi connectivity index (χ0v) is 20.1. The summed E-state index contributed by atoms with van der Waals surface area (Å²) in [5, 5.41) is 3.40. The SMILES string of the molecule is Cc1cccc(-c2sc(C)nc2C(=O)N2CC3CC3C2CNC(=O)c2cc(F)c(F)cc2Cl)c1. The second-order valence-corrected chi connectivity index (χ2v) is 10.5. The summed E-state index contributed by atoms with van der Waals surface area (Å²) in [7, 11) is 0. The zero-order chi connectivity index (χ0) is 24.1. The highest BCUT2D eigenvalue weighted by Crippen LogP contribution is 2.50. The monoisotopic (exact) mass is 501 g/mol. The smallest absolute Gasteiger partial charge is 0.274 e. The minimum atomic E-state index is -1.14. The van der Waals surface area contributed by atoms with E-state index in [1.807, 2.05) is 38.1 Å². The number of thiazole rings is 1. The van der Waals surface area contributed by atoms with Crippen LogP contribution in [0.15, 0.2) is 36.4 Å². The van der Waals surface area contributed by atoms with Crippen LogP contribution in [-0.2, 0) is 0 Å². The summed E-state index contributed by atoms with van der Waals surface area (Å²) < 4.78 is 27.0. The molecule has 1 N–H and O–H groups in total. The van der Waals surface area contributed by atoms with Crippen molar-refractivity contribution in [1.29, 1.82) is 0 Å². The van der Waals surface area contributed by atoms with Crippen LogP contribution in [0.1, 0.15) is 37.8 Å². The van der Waals surface area contributed by atoms with Crippen molar-refractivity contribution in [3.8, 4) is 10.4 Å². The number of hydrogen-bond donors (Lipinski definition) is 1. The van der Waals surface area contributed by atoms with Crippen LogP contribution in [-0.4, -0.2) is 40.8 Å². The van der Waals surface area contributed by atoms with E-state index in [9.17, 15) is 18.4 Å².